The summed E-state index contributed by atoms with van der Waals surface area (Å²) in [6, 6.07) is 0. The van der Waals surface area contributed by atoms with Gasteiger partial charge in [0.15, 0.2) is 9.84 Å². The van der Waals surface area contributed by atoms with Crippen molar-refractivity contribution in [2.75, 3.05) is 25.4 Å². The van der Waals surface area contributed by atoms with Crippen LogP contribution >= 0.6 is 0 Å². The first-order valence-corrected chi connectivity index (χ1v) is 6.96. The fourth-order valence-corrected chi connectivity index (χ4v) is 3.91. The maximum Gasteiger partial charge on any atom is 0.242 e. The van der Waals surface area contributed by atoms with Crippen LogP contribution < -0.4 is 5.32 Å². The van der Waals surface area contributed by atoms with E-state index in [1.54, 1.807) is 0 Å². The summed E-state index contributed by atoms with van der Waals surface area (Å²) in [5.41, 5.74) is 0. The van der Waals surface area contributed by atoms with Crippen LogP contribution in [0.15, 0.2) is 0 Å². The van der Waals surface area contributed by atoms with Crippen LogP contribution in [0, 0.1) is 0 Å². The molecular weight excluding hydrogens is 232 g/mol. The Morgan fingerprint density at radius 2 is 2.12 bits per heavy atom. The number of hydrogen-bond acceptors (Lipinski definition) is 4. The molecule has 2 saturated heterocycles. The molecule has 1 unspecified atom stereocenters. The van der Waals surface area contributed by atoms with Gasteiger partial charge >= 0.3 is 0 Å². The first kappa shape index (κ1) is 11.4. The third-order valence-electron chi connectivity index (χ3n) is 3.01. The highest BCUT2D eigenvalue weighted by Gasteiger charge is 2.35. The SMILES string of the molecule is O=C1CN(CC2CCCS2(=O)=O)C(=O)CN1. The van der Waals surface area contributed by atoms with Crippen molar-refractivity contribution >= 4 is 21.7 Å². The normalized spacial score (nSPS) is 29.2. The van der Waals surface area contributed by atoms with Crippen LogP contribution in [0.5, 0.6) is 0 Å². The molecule has 2 fully saturated rings. The lowest BCUT2D eigenvalue weighted by Crippen LogP contribution is -2.53. The minimum atomic E-state index is -3.05. The molecule has 2 aliphatic rings. The van der Waals surface area contributed by atoms with Crippen molar-refractivity contribution in [2.24, 2.45) is 0 Å². The van der Waals surface area contributed by atoms with E-state index in [4.69, 9.17) is 0 Å². The lowest BCUT2D eigenvalue weighted by atomic mass is 10.2. The number of rotatable bonds is 2. The lowest BCUT2D eigenvalue weighted by Gasteiger charge is -2.28. The zero-order valence-electron chi connectivity index (χ0n) is 8.81. The van der Waals surface area contributed by atoms with E-state index in [2.05, 4.69) is 5.32 Å². The molecule has 0 radical (unpaired) electrons. The van der Waals surface area contributed by atoms with E-state index >= 15 is 0 Å². The van der Waals surface area contributed by atoms with Gasteiger partial charge in [-0.1, -0.05) is 0 Å². The summed E-state index contributed by atoms with van der Waals surface area (Å²) in [5, 5.41) is 1.94. The summed E-state index contributed by atoms with van der Waals surface area (Å²) in [6.45, 7) is 0.116. The van der Waals surface area contributed by atoms with Crippen LogP contribution in [0.25, 0.3) is 0 Å². The molecule has 0 saturated carbocycles. The second-order valence-corrected chi connectivity index (χ2v) is 6.58. The van der Waals surface area contributed by atoms with Gasteiger partial charge in [0.1, 0.15) is 0 Å². The molecule has 0 aliphatic carbocycles. The Kier molecular flexibility index (Phi) is 2.88. The summed E-state index contributed by atoms with van der Waals surface area (Å²) < 4.78 is 23.2. The van der Waals surface area contributed by atoms with Crippen LogP contribution in [0.4, 0.5) is 0 Å². The standard InChI is InChI=1S/C9H14N2O4S/c12-8-6-11(9(13)4-10-8)5-7-2-1-3-16(7,14)15/h7H,1-6H2,(H,10,12). The average molecular weight is 246 g/mol. The van der Waals surface area contributed by atoms with E-state index in [-0.39, 0.29) is 37.2 Å². The fraction of sp³-hybridized carbons (Fsp3) is 0.778. The number of carbonyl (C=O) groups is 2. The maximum atomic E-state index is 11.6. The highest BCUT2D eigenvalue weighted by molar-refractivity contribution is 7.92. The molecule has 2 rings (SSSR count). The van der Waals surface area contributed by atoms with E-state index in [1.165, 1.54) is 4.90 Å². The topological polar surface area (TPSA) is 83.6 Å². The van der Waals surface area contributed by atoms with Gasteiger partial charge in [-0.25, -0.2) is 8.42 Å². The Morgan fingerprint density at radius 3 is 2.75 bits per heavy atom. The first-order valence-electron chi connectivity index (χ1n) is 5.25. The maximum absolute atomic E-state index is 11.6. The molecule has 1 N–H and O–H groups in total. The molecule has 16 heavy (non-hydrogen) atoms. The van der Waals surface area contributed by atoms with Crippen LogP contribution in [0.2, 0.25) is 0 Å². The van der Waals surface area contributed by atoms with Crippen molar-refractivity contribution in [1.29, 1.82) is 0 Å². The zero-order valence-corrected chi connectivity index (χ0v) is 9.62. The minimum absolute atomic E-state index is 0.0222. The molecule has 1 atom stereocenters. The smallest absolute Gasteiger partial charge is 0.242 e. The van der Waals surface area contributed by atoms with Gasteiger partial charge in [-0.05, 0) is 12.8 Å². The largest absolute Gasteiger partial charge is 0.345 e. The van der Waals surface area contributed by atoms with Crippen LogP contribution in [-0.4, -0.2) is 55.8 Å². The molecule has 2 aliphatic heterocycles. The average Bonchev–Trinajstić information content (AvgIpc) is 2.52. The van der Waals surface area contributed by atoms with E-state index in [1.807, 2.05) is 0 Å². The van der Waals surface area contributed by atoms with E-state index in [0.29, 0.717) is 12.8 Å². The second kappa shape index (κ2) is 4.04. The second-order valence-electron chi connectivity index (χ2n) is 4.18. The number of nitrogens with one attached hydrogen (secondary N) is 1. The van der Waals surface area contributed by atoms with Gasteiger partial charge in [0, 0.05) is 6.54 Å². The van der Waals surface area contributed by atoms with Crippen LogP contribution in [0.1, 0.15) is 12.8 Å². The monoisotopic (exact) mass is 246 g/mol. The first-order chi connectivity index (χ1) is 7.49. The molecular formula is C9H14N2O4S. The number of sulfone groups is 1. The number of amides is 2. The van der Waals surface area contributed by atoms with Gasteiger partial charge in [0.05, 0.1) is 24.1 Å². The van der Waals surface area contributed by atoms with Crippen molar-refractivity contribution in [2.45, 2.75) is 18.1 Å². The third-order valence-corrected chi connectivity index (χ3v) is 5.27. The van der Waals surface area contributed by atoms with Crippen molar-refractivity contribution in [1.82, 2.24) is 10.2 Å². The highest BCUT2D eigenvalue weighted by Crippen LogP contribution is 2.21. The van der Waals surface area contributed by atoms with Crippen molar-refractivity contribution in [3.8, 4) is 0 Å². The minimum Gasteiger partial charge on any atom is -0.345 e. The predicted molar refractivity (Wildman–Crippen MR) is 56.4 cm³/mol. The predicted octanol–water partition coefficient (Wildman–Crippen LogP) is -1.48. The van der Waals surface area contributed by atoms with Gasteiger partial charge in [-0.15, -0.1) is 0 Å². The van der Waals surface area contributed by atoms with E-state index in [0.717, 1.165) is 0 Å². The van der Waals surface area contributed by atoms with Crippen LogP contribution in [-0.2, 0) is 19.4 Å². The summed E-state index contributed by atoms with van der Waals surface area (Å²) in [7, 11) is -3.05. The number of nitrogens with zero attached hydrogens (tertiary/aromatic N) is 1. The summed E-state index contributed by atoms with van der Waals surface area (Å²) in [4.78, 5) is 23.9. The fourth-order valence-electron chi connectivity index (χ4n) is 2.08. The molecule has 0 spiro atoms. The van der Waals surface area contributed by atoms with Gasteiger partial charge in [0.25, 0.3) is 0 Å². The number of hydrogen-bond donors (Lipinski definition) is 1. The molecule has 0 aromatic heterocycles. The molecule has 7 heteroatoms. The van der Waals surface area contributed by atoms with Crippen molar-refractivity contribution < 1.29 is 18.0 Å². The Morgan fingerprint density at radius 1 is 1.38 bits per heavy atom. The third kappa shape index (κ3) is 2.18. The Labute approximate surface area is 93.9 Å². The summed E-state index contributed by atoms with van der Waals surface area (Å²) in [6.07, 6.45) is 1.24. The molecule has 6 nitrogen and oxygen atoms in total. The Balaban J connectivity index is 2.03. The van der Waals surface area contributed by atoms with Crippen molar-refractivity contribution in [3.05, 3.63) is 0 Å². The summed E-state index contributed by atoms with van der Waals surface area (Å²) >= 11 is 0. The zero-order chi connectivity index (χ0) is 11.8. The lowest BCUT2D eigenvalue weighted by molar-refractivity contribution is -0.140. The highest BCUT2D eigenvalue weighted by atomic mass is 32.2. The summed E-state index contributed by atoms with van der Waals surface area (Å²) in [5.74, 6) is -0.233. The molecule has 2 heterocycles. The number of piperazine rings is 1. The molecule has 2 amide bonds. The molecule has 0 aromatic carbocycles. The Bertz CT molecular complexity index is 417. The van der Waals surface area contributed by atoms with Gasteiger partial charge in [0.2, 0.25) is 11.8 Å². The van der Waals surface area contributed by atoms with Gasteiger partial charge in [-0.2, -0.15) is 0 Å². The van der Waals surface area contributed by atoms with Gasteiger partial charge in [-0.3, -0.25) is 9.59 Å². The Hall–Kier alpha value is -1.11. The number of carbonyl (C=O) groups excluding carboxylic acids is 2. The van der Waals surface area contributed by atoms with Crippen molar-refractivity contribution in [3.63, 3.8) is 0 Å². The van der Waals surface area contributed by atoms with Crippen LogP contribution in [0.3, 0.4) is 0 Å². The molecule has 0 bridgehead atoms. The molecule has 90 valence electrons. The molecule has 0 aromatic rings. The van der Waals surface area contributed by atoms with Gasteiger partial charge < -0.3 is 10.2 Å². The van der Waals surface area contributed by atoms with E-state index < -0.39 is 15.1 Å². The quantitative estimate of drug-likeness (QED) is 0.644. The van der Waals surface area contributed by atoms with E-state index in [9.17, 15) is 18.0 Å².